The molecule has 1 N–H and O–H groups in total. The molecule has 0 atom stereocenters. The van der Waals surface area contributed by atoms with Gasteiger partial charge in [0, 0.05) is 11.6 Å². The number of nitrogens with zero attached hydrogens (tertiary/aromatic N) is 2. The van der Waals surface area contributed by atoms with Crippen LogP contribution in [0, 0.1) is 5.39 Å². The number of nitrogens with one attached hydrogen (secondary N) is 1. The Hall–Kier alpha value is -2.49. The monoisotopic (exact) mass is 355 g/mol. The first kappa shape index (κ1) is 20.5. The first-order chi connectivity index (χ1) is 10.2. The number of anilines is 1. The first-order valence-electron chi connectivity index (χ1n) is 6.17. The highest BCUT2D eigenvalue weighted by atomic mass is 35.5. The van der Waals surface area contributed by atoms with Gasteiger partial charge in [-0.25, -0.2) is 0 Å². The molecule has 2 aromatic rings. The largest absolute Gasteiger partial charge is 1.00 e. The van der Waals surface area contributed by atoms with Gasteiger partial charge in [0.1, 0.15) is 5.75 Å². The van der Waals surface area contributed by atoms with Crippen molar-refractivity contribution in [2.45, 2.75) is 0 Å². The van der Waals surface area contributed by atoms with E-state index in [1.165, 1.54) is 26.4 Å². The zero-order valence-corrected chi connectivity index (χ0v) is 14.0. The lowest BCUT2D eigenvalue weighted by Gasteiger charge is -2.10. The molecule has 8 heteroatoms. The molecule has 0 unspecified atom stereocenters. The van der Waals surface area contributed by atoms with Crippen molar-refractivity contribution in [2.75, 3.05) is 19.5 Å². The molecule has 6 nitrogen and oxygen atoms in total. The maximum atomic E-state index is 12.1. The van der Waals surface area contributed by atoms with Gasteiger partial charge in [-0.3, -0.25) is 4.79 Å². The van der Waals surface area contributed by atoms with Gasteiger partial charge in [-0.1, -0.05) is 18.2 Å². The zero-order chi connectivity index (χ0) is 15.2. The van der Waals surface area contributed by atoms with Crippen molar-refractivity contribution in [3.8, 4) is 11.5 Å². The molecule has 0 spiro atoms. The van der Waals surface area contributed by atoms with Crippen LogP contribution in [-0.2, 0) is 0 Å². The van der Waals surface area contributed by atoms with E-state index >= 15 is 0 Å². The lowest BCUT2D eigenvalue weighted by Crippen LogP contribution is -3.00. The minimum Gasteiger partial charge on any atom is -1.00 e. The van der Waals surface area contributed by atoms with Gasteiger partial charge in [-0.15, -0.1) is 12.4 Å². The molecule has 2 aromatic carbocycles. The van der Waals surface area contributed by atoms with Crippen molar-refractivity contribution < 1.29 is 26.7 Å². The predicted molar refractivity (Wildman–Crippen MR) is 85.9 cm³/mol. The number of hydrogen-bond acceptors (Lipinski definition) is 4. The van der Waals surface area contributed by atoms with E-state index in [2.05, 4.69) is 10.3 Å². The van der Waals surface area contributed by atoms with Crippen molar-refractivity contribution in [1.29, 1.82) is 5.39 Å². The SMILES string of the molecule is COc1cc(OC)c(NC(=O)c2ccccc2)cc1[N+]#N.Cl.[Cl-]. The van der Waals surface area contributed by atoms with Gasteiger partial charge < -0.3 is 27.2 Å². The fourth-order valence-electron chi connectivity index (χ4n) is 1.84. The molecule has 0 aliphatic heterocycles. The van der Waals surface area contributed by atoms with Gasteiger partial charge in [0.15, 0.2) is 4.98 Å². The molecule has 23 heavy (non-hydrogen) atoms. The van der Waals surface area contributed by atoms with E-state index in [4.69, 9.17) is 14.9 Å². The Kier molecular flexibility index (Phi) is 8.48. The van der Waals surface area contributed by atoms with E-state index in [-0.39, 0.29) is 36.4 Å². The summed E-state index contributed by atoms with van der Waals surface area (Å²) in [4.78, 5) is 15.3. The van der Waals surface area contributed by atoms with E-state index in [1.807, 2.05) is 6.07 Å². The first-order valence-corrected chi connectivity index (χ1v) is 6.17. The average molecular weight is 356 g/mol. The Morgan fingerprint density at radius 3 is 2.22 bits per heavy atom. The van der Waals surface area contributed by atoms with Crippen LogP contribution in [0.4, 0.5) is 11.4 Å². The van der Waals surface area contributed by atoms with E-state index in [0.717, 1.165) is 0 Å². The molecule has 0 bridgehead atoms. The second kappa shape index (κ2) is 9.51. The number of carbonyl (C=O) groups is 1. The molecule has 0 heterocycles. The summed E-state index contributed by atoms with van der Waals surface area (Å²) in [7, 11) is 2.92. The van der Waals surface area contributed by atoms with Gasteiger partial charge in [0.25, 0.3) is 5.91 Å². The summed E-state index contributed by atoms with van der Waals surface area (Å²) in [6.07, 6.45) is 0. The van der Waals surface area contributed by atoms with Crippen LogP contribution in [0.25, 0.3) is 4.98 Å². The molecule has 1 amide bonds. The van der Waals surface area contributed by atoms with Crippen LogP contribution < -0.4 is 27.2 Å². The number of hydrogen-bond donors (Lipinski definition) is 1. The topological polar surface area (TPSA) is 75.7 Å². The maximum Gasteiger partial charge on any atom is 0.428 e. The number of ether oxygens (including phenoxy) is 2. The number of diazo groups is 1. The van der Waals surface area contributed by atoms with Gasteiger partial charge in [-0.2, -0.15) is 0 Å². The predicted octanol–water partition coefficient (Wildman–Crippen LogP) is 0.866. The van der Waals surface area contributed by atoms with Crippen LogP contribution in [0.2, 0.25) is 0 Å². The van der Waals surface area contributed by atoms with Crippen LogP contribution in [0.1, 0.15) is 10.4 Å². The molecule has 0 radical (unpaired) electrons. The molecular weight excluding hydrogens is 341 g/mol. The quantitative estimate of drug-likeness (QED) is 0.825. The third-order valence-corrected chi connectivity index (χ3v) is 2.89. The highest BCUT2D eigenvalue weighted by Crippen LogP contribution is 2.38. The van der Waals surface area contributed by atoms with Gasteiger partial charge in [0.2, 0.25) is 11.1 Å². The lowest BCUT2D eigenvalue weighted by atomic mass is 10.2. The summed E-state index contributed by atoms with van der Waals surface area (Å²) in [5.41, 5.74) is 1.10. The summed E-state index contributed by atoms with van der Waals surface area (Å²) < 4.78 is 10.3. The van der Waals surface area contributed by atoms with Crippen LogP contribution in [0.3, 0.4) is 0 Å². The van der Waals surface area contributed by atoms with Crippen molar-refractivity contribution in [3.63, 3.8) is 0 Å². The smallest absolute Gasteiger partial charge is 0.428 e. The molecular formula is C15H15Cl2N3O3. The summed E-state index contributed by atoms with van der Waals surface area (Å²) in [5.74, 6) is 0.457. The van der Waals surface area contributed by atoms with E-state index in [0.29, 0.717) is 22.7 Å². The Morgan fingerprint density at radius 1 is 1.09 bits per heavy atom. The van der Waals surface area contributed by atoms with Crippen LogP contribution in [-0.4, -0.2) is 20.1 Å². The Bertz CT molecular complexity index is 703. The van der Waals surface area contributed by atoms with Crippen LogP contribution in [0.5, 0.6) is 11.5 Å². The van der Waals surface area contributed by atoms with Crippen molar-refractivity contribution >= 4 is 29.7 Å². The summed E-state index contributed by atoms with van der Waals surface area (Å²) >= 11 is 0. The van der Waals surface area contributed by atoms with Crippen LogP contribution in [0.15, 0.2) is 42.5 Å². The Balaban J connectivity index is 0.00000242. The van der Waals surface area contributed by atoms with Crippen molar-refractivity contribution in [3.05, 3.63) is 53.0 Å². The Morgan fingerprint density at radius 2 is 1.70 bits per heavy atom. The van der Waals surface area contributed by atoms with Crippen molar-refractivity contribution in [1.82, 2.24) is 0 Å². The van der Waals surface area contributed by atoms with E-state index in [1.54, 1.807) is 24.3 Å². The van der Waals surface area contributed by atoms with E-state index in [9.17, 15) is 4.79 Å². The number of halogens is 2. The second-order valence-electron chi connectivity index (χ2n) is 4.14. The number of amides is 1. The van der Waals surface area contributed by atoms with Gasteiger partial charge in [-0.05, 0) is 12.1 Å². The average Bonchev–Trinajstić information content (AvgIpc) is 2.55. The molecule has 0 fully saturated rings. The molecule has 0 aromatic heterocycles. The molecule has 2 rings (SSSR count). The fraction of sp³-hybridized carbons (Fsp3) is 0.133. The lowest BCUT2D eigenvalue weighted by molar-refractivity contribution is -0.0000128. The molecule has 0 aliphatic rings. The number of carbonyl (C=O) groups excluding carboxylic acids is 1. The minimum atomic E-state index is -0.289. The molecule has 0 saturated carbocycles. The normalized spacial score (nSPS) is 8.74. The number of methoxy groups -OCH3 is 2. The number of benzene rings is 2. The highest BCUT2D eigenvalue weighted by molar-refractivity contribution is 6.05. The van der Waals surface area contributed by atoms with E-state index < -0.39 is 0 Å². The zero-order valence-electron chi connectivity index (χ0n) is 12.4. The summed E-state index contributed by atoms with van der Waals surface area (Å²) in [5, 5.41) is 11.7. The second-order valence-corrected chi connectivity index (χ2v) is 4.14. The van der Waals surface area contributed by atoms with Crippen LogP contribution >= 0.6 is 12.4 Å². The fourth-order valence-corrected chi connectivity index (χ4v) is 1.84. The standard InChI is InChI=1S/C15H13N3O3.2ClH/c1-20-13-9-14(21-2)12(18-16)8-11(13)17-15(19)10-6-4-3-5-7-10;;/h3-9H,1-2H3;2*1H. The summed E-state index contributed by atoms with van der Waals surface area (Å²) in [6.45, 7) is 0. The maximum absolute atomic E-state index is 12.1. The van der Waals surface area contributed by atoms with Gasteiger partial charge in [0.05, 0.1) is 26.0 Å². The Labute approximate surface area is 146 Å². The third kappa shape index (κ3) is 4.74. The minimum absolute atomic E-state index is 0. The molecule has 0 aliphatic carbocycles. The highest BCUT2D eigenvalue weighted by Gasteiger charge is 2.21. The third-order valence-electron chi connectivity index (χ3n) is 2.89. The van der Waals surface area contributed by atoms with Crippen molar-refractivity contribution in [2.24, 2.45) is 0 Å². The molecule has 122 valence electrons. The number of rotatable bonds is 4. The molecule has 0 saturated heterocycles. The summed E-state index contributed by atoms with van der Waals surface area (Å²) in [6, 6.07) is 11.8. The van der Waals surface area contributed by atoms with Gasteiger partial charge >= 0.3 is 5.69 Å².